The second-order valence-electron chi connectivity index (χ2n) is 4.67. The van der Waals surface area contributed by atoms with Gasteiger partial charge >= 0.3 is 0 Å². The molecule has 0 spiro atoms. The van der Waals surface area contributed by atoms with Crippen molar-refractivity contribution in [3.63, 3.8) is 0 Å². The first kappa shape index (κ1) is 12.4. The molecule has 3 nitrogen and oxygen atoms in total. The summed E-state index contributed by atoms with van der Waals surface area (Å²) in [5, 5.41) is 4.51. The van der Waals surface area contributed by atoms with Gasteiger partial charge in [0.1, 0.15) is 11.5 Å². The number of halogens is 1. The monoisotopic (exact) mass is 267 g/mol. The largest absolute Gasteiger partial charge is 0.396 e. The molecule has 2 N–H and O–H groups in total. The van der Waals surface area contributed by atoms with E-state index in [1.807, 2.05) is 31.2 Å². The summed E-state index contributed by atoms with van der Waals surface area (Å²) in [6.07, 6.45) is 1.78. The van der Waals surface area contributed by atoms with Crippen molar-refractivity contribution in [1.82, 2.24) is 9.78 Å². The molecule has 0 saturated carbocycles. The number of nitrogens with two attached hydrogens (primary N) is 1. The smallest absolute Gasteiger partial charge is 0.123 e. The van der Waals surface area contributed by atoms with Crippen LogP contribution in [0.4, 0.5) is 10.1 Å². The first-order valence-electron chi connectivity index (χ1n) is 6.32. The predicted molar refractivity (Wildman–Crippen MR) is 78.1 cm³/mol. The van der Waals surface area contributed by atoms with Crippen molar-refractivity contribution >= 4 is 5.69 Å². The zero-order valence-electron chi connectivity index (χ0n) is 11.0. The minimum absolute atomic E-state index is 0.273. The number of anilines is 1. The molecule has 0 aliphatic rings. The van der Waals surface area contributed by atoms with E-state index in [1.54, 1.807) is 23.0 Å². The number of nitrogens with zero attached hydrogens (tertiary/aromatic N) is 2. The SMILES string of the molecule is Cc1ccccc1-n1cc(N)c(-c2ccc(F)cc2)n1. The molecular formula is C16H14FN3. The minimum atomic E-state index is -0.273. The molecule has 0 bridgehead atoms. The van der Waals surface area contributed by atoms with Gasteiger partial charge in [0.2, 0.25) is 0 Å². The lowest BCUT2D eigenvalue weighted by Gasteiger charge is -2.04. The number of para-hydroxylation sites is 1. The van der Waals surface area contributed by atoms with Gasteiger partial charge in [0.15, 0.2) is 0 Å². The van der Waals surface area contributed by atoms with Crippen LogP contribution in [-0.4, -0.2) is 9.78 Å². The summed E-state index contributed by atoms with van der Waals surface area (Å²) in [5.74, 6) is -0.273. The summed E-state index contributed by atoms with van der Waals surface area (Å²) in [4.78, 5) is 0. The number of aryl methyl sites for hydroxylation is 1. The van der Waals surface area contributed by atoms with Crippen LogP contribution in [0.15, 0.2) is 54.7 Å². The van der Waals surface area contributed by atoms with E-state index in [0.29, 0.717) is 11.4 Å². The highest BCUT2D eigenvalue weighted by Gasteiger charge is 2.10. The number of hydrogen-bond donors (Lipinski definition) is 1. The topological polar surface area (TPSA) is 43.8 Å². The first-order valence-corrected chi connectivity index (χ1v) is 6.32. The van der Waals surface area contributed by atoms with Crippen molar-refractivity contribution in [3.8, 4) is 16.9 Å². The Kier molecular flexibility index (Phi) is 2.99. The molecule has 0 atom stereocenters. The Bertz CT molecular complexity index is 745. The number of hydrogen-bond acceptors (Lipinski definition) is 2. The number of nitrogen functional groups attached to an aromatic ring is 1. The summed E-state index contributed by atoms with van der Waals surface area (Å²) in [6, 6.07) is 14.1. The highest BCUT2D eigenvalue weighted by Crippen LogP contribution is 2.26. The Balaban J connectivity index is 2.08. The van der Waals surface area contributed by atoms with Crippen molar-refractivity contribution < 1.29 is 4.39 Å². The van der Waals surface area contributed by atoms with Crippen LogP contribution >= 0.6 is 0 Å². The summed E-state index contributed by atoms with van der Waals surface area (Å²) in [5.41, 5.74) is 10.1. The molecule has 0 radical (unpaired) electrons. The van der Waals surface area contributed by atoms with Gasteiger partial charge in [-0.05, 0) is 42.8 Å². The van der Waals surface area contributed by atoms with Crippen LogP contribution in [0.25, 0.3) is 16.9 Å². The van der Waals surface area contributed by atoms with Crippen LogP contribution in [0.2, 0.25) is 0 Å². The van der Waals surface area contributed by atoms with Crippen molar-refractivity contribution in [3.05, 3.63) is 66.1 Å². The van der Waals surface area contributed by atoms with Crippen molar-refractivity contribution in [2.24, 2.45) is 0 Å². The number of aromatic nitrogens is 2. The highest BCUT2D eigenvalue weighted by atomic mass is 19.1. The Morgan fingerprint density at radius 3 is 2.45 bits per heavy atom. The molecule has 1 aromatic heterocycles. The molecule has 0 aliphatic heterocycles. The number of benzene rings is 2. The molecule has 20 heavy (non-hydrogen) atoms. The molecule has 0 unspecified atom stereocenters. The molecule has 0 amide bonds. The lowest BCUT2D eigenvalue weighted by Crippen LogP contribution is -1.97. The maximum Gasteiger partial charge on any atom is 0.123 e. The lowest BCUT2D eigenvalue weighted by molar-refractivity contribution is 0.628. The van der Waals surface area contributed by atoms with Crippen LogP contribution in [-0.2, 0) is 0 Å². The molecule has 0 aliphatic carbocycles. The summed E-state index contributed by atoms with van der Waals surface area (Å²) < 4.78 is 14.7. The predicted octanol–water partition coefficient (Wildman–Crippen LogP) is 3.57. The van der Waals surface area contributed by atoms with E-state index in [-0.39, 0.29) is 5.82 Å². The van der Waals surface area contributed by atoms with Crippen LogP contribution in [0, 0.1) is 12.7 Å². The van der Waals surface area contributed by atoms with Gasteiger partial charge in [0.25, 0.3) is 0 Å². The fourth-order valence-electron chi connectivity index (χ4n) is 2.16. The molecule has 3 aromatic rings. The van der Waals surface area contributed by atoms with Crippen molar-refractivity contribution in [2.45, 2.75) is 6.92 Å². The van der Waals surface area contributed by atoms with Gasteiger partial charge in [-0.3, -0.25) is 0 Å². The average molecular weight is 267 g/mol. The second kappa shape index (κ2) is 4.81. The van der Waals surface area contributed by atoms with E-state index in [1.165, 1.54) is 12.1 Å². The Morgan fingerprint density at radius 2 is 1.75 bits per heavy atom. The fraction of sp³-hybridized carbons (Fsp3) is 0.0625. The summed E-state index contributed by atoms with van der Waals surface area (Å²) in [6.45, 7) is 2.02. The van der Waals surface area contributed by atoms with E-state index in [9.17, 15) is 4.39 Å². The molecule has 3 rings (SSSR count). The standard InChI is InChI=1S/C16H14FN3/c1-11-4-2-3-5-15(11)20-10-14(18)16(19-20)12-6-8-13(17)9-7-12/h2-10H,18H2,1H3. The van der Waals surface area contributed by atoms with Gasteiger partial charge in [0, 0.05) is 5.56 Å². The summed E-state index contributed by atoms with van der Waals surface area (Å²) >= 11 is 0. The van der Waals surface area contributed by atoms with Crippen LogP contribution in [0.5, 0.6) is 0 Å². The molecule has 100 valence electrons. The van der Waals surface area contributed by atoms with Gasteiger partial charge < -0.3 is 5.73 Å². The third-order valence-corrected chi connectivity index (χ3v) is 3.22. The maximum absolute atomic E-state index is 13.0. The molecular weight excluding hydrogens is 253 g/mol. The molecule has 0 fully saturated rings. The zero-order chi connectivity index (χ0) is 14.1. The zero-order valence-corrected chi connectivity index (χ0v) is 11.0. The Hall–Kier alpha value is -2.62. The van der Waals surface area contributed by atoms with Gasteiger partial charge in [-0.2, -0.15) is 5.10 Å². The van der Waals surface area contributed by atoms with Crippen LogP contribution in [0.3, 0.4) is 0 Å². The highest BCUT2D eigenvalue weighted by molar-refractivity contribution is 5.72. The van der Waals surface area contributed by atoms with Gasteiger partial charge in [-0.1, -0.05) is 18.2 Å². The van der Waals surface area contributed by atoms with Gasteiger partial charge in [-0.25, -0.2) is 9.07 Å². The molecule has 2 aromatic carbocycles. The quantitative estimate of drug-likeness (QED) is 0.771. The average Bonchev–Trinajstić information content (AvgIpc) is 2.82. The fourth-order valence-corrected chi connectivity index (χ4v) is 2.16. The van der Waals surface area contributed by atoms with Crippen molar-refractivity contribution in [1.29, 1.82) is 0 Å². The summed E-state index contributed by atoms with van der Waals surface area (Å²) in [7, 11) is 0. The third kappa shape index (κ3) is 2.16. The van der Waals surface area contributed by atoms with E-state index < -0.39 is 0 Å². The van der Waals surface area contributed by atoms with E-state index >= 15 is 0 Å². The Morgan fingerprint density at radius 1 is 1.05 bits per heavy atom. The first-order chi connectivity index (χ1) is 9.65. The number of rotatable bonds is 2. The second-order valence-corrected chi connectivity index (χ2v) is 4.67. The minimum Gasteiger partial charge on any atom is -0.396 e. The van der Waals surface area contributed by atoms with Crippen molar-refractivity contribution in [2.75, 3.05) is 5.73 Å². The van der Waals surface area contributed by atoms with Gasteiger partial charge in [-0.15, -0.1) is 0 Å². The lowest BCUT2D eigenvalue weighted by atomic mass is 10.1. The van der Waals surface area contributed by atoms with Crippen LogP contribution in [0.1, 0.15) is 5.56 Å². The maximum atomic E-state index is 13.0. The molecule has 4 heteroatoms. The van der Waals surface area contributed by atoms with Gasteiger partial charge in [0.05, 0.1) is 17.6 Å². The van der Waals surface area contributed by atoms with Crippen LogP contribution < -0.4 is 5.73 Å². The van der Waals surface area contributed by atoms with E-state index in [2.05, 4.69) is 5.10 Å². The Labute approximate surface area is 116 Å². The molecule has 0 saturated heterocycles. The molecule has 1 heterocycles. The van der Waals surface area contributed by atoms with E-state index in [4.69, 9.17) is 5.73 Å². The normalized spacial score (nSPS) is 10.7. The van der Waals surface area contributed by atoms with E-state index in [0.717, 1.165) is 16.8 Å². The third-order valence-electron chi connectivity index (χ3n) is 3.22.